The number of anilines is 1. The number of benzene rings is 1. The third-order valence-corrected chi connectivity index (χ3v) is 6.21. The monoisotopic (exact) mass is 396 g/mol. The van der Waals surface area contributed by atoms with E-state index >= 15 is 0 Å². The SMILES string of the molecule is COc1ccc(-c2ccc3nc(N4CCC(C(=O)N(C)C)CC4)sc3n2)cc1. The van der Waals surface area contributed by atoms with Crippen LogP contribution in [0.4, 0.5) is 5.13 Å². The summed E-state index contributed by atoms with van der Waals surface area (Å²) in [4.78, 5) is 26.7. The molecule has 3 aromatic rings. The molecular weight excluding hydrogens is 372 g/mol. The minimum absolute atomic E-state index is 0.125. The van der Waals surface area contributed by atoms with E-state index in [2.05, 4.69) is 4.90 Å². The second kappa shape index (κ2) is 7.75. The molecule has 0 aliphatic carbocycles. The summed E-state index contributed by atoms with van der Waals surface area (Å²) in [6.45, 7) is 1.71. The Morgan fingerprint density at radius 2 is 1.82 bits per heavy atom. The Bertz CT molecular complexity index is 976. The standard InChI is InChI=1S/C21H24N4O2S/c1-24(2)20(26)15-10-12-25(13-11-15)21-23-18-9-8-17(22-19(18)28-21)14-4-6-16(27-3)7-5-14/h4-9,15H,10-13H2,1-3H3. The zero-order valence-corrected chi connectivity index (χ0v) is 17.2. The molecule has 1 aliphatic heterocycles. The number of rotatable bonds is 4. The molecule has 146 valence electrons. The van der Waals surface area contributed by atoms with Crippen LogP contribution in [0.25, 0.3) is 21.6 Å². The molecule has 0 spiro atoms. The zero-order chi connectivity index (χ0) is 19.7. The number of amides is 1. The smallest absolute Gasteiger partial charge is 0.225 e. The van der Waals surface area contributed by atoms with Gasteiger partial charge in [-0.3, -0.25) is 4.79 Å². The first-order valence-electron chi connectivity index (χ1n) is 9.43. The number of methoxy groups -OCH3 is 1. The summed E-state index contributed by atoms with van der Waals surface area (Å²) in [5.41, 5.74) is 2.91. The van der Waals surface area contributed by atoms with Crippen molar-refractivity contribution in [2.45, 2.75) is 12.8 Å². The van der Waals surface area contributed by atoms with Crippen LogP contribution in [0.5, 0.6) is 5.75 Å². The maximum Gasteiger partial charge on any atom is 0.225 e. The summed E-state index contributed by atoms with van der Waals surface area (Å²) in [6.07, 6.45) is 1.74. The van der Waals surface area contributed by atoms with Crippen molar-refractivity contribution in [1.82, 2.24) is 14.9 Å². The highest BCUT2D eigenvalue weighted by Gasteiger charge is 2.27. The maximum absolute atomic E-state index is 12.2. The molecule has 1 aliphatic rings. The molecule has 3 heterocycles. The third kappa shape index (κ3) is 3.67. The van der Waals surface area contributed by atoms with Crippen molar-refractivity contribution in [3.05, 3.63) is 36.4 Å². The average molecular weight is 397 g/mol. The first kappa shape index (κ1) is 18.7. The number of nitrogens with zero attached hydrogens (tertiary/aromatic N) is 4. The van der Waals surface area contributed by atoms with Crippen molar-refractivity contribution in [2.24, 2.45) is 5.92 Å². The van der Waals surface area contributed by atoms with E-state index < -0.39 is 0 Å². The normalized spacial score (nSPS) is 15.0. The quantitative estimate of drug-likeness (QED) is 0.673. The van der Waals surface area contributed by atoms with Gasteiger partial charge in [0.05, 0.1) is 12.8 Å². The van der Waals surface area contributed by atoms with Gasteiger partial charge < -0.3 is 14.5 Å². The zero-order valence-electron chi connectivity index (χ0n) is 16.4. The summed E-state index contributed by atoms with van der Waals surface area (Å²) in [5.74, 6) is 1.19. The molecule has 1 aromatic carbocycles. The van der Waals surface area contributed by atoms with E-state index in [1.54, 1.807) is 23.3 Å². The second-order valence-electron chi connectivity index (χ2n) is 7.24. The van der Waals surface area contributed by atoms with Crippen LogP contribution < -0.4 is 9.64 Å². The Kier molecular flexibility index (Phi) is 5.17. The molecule has 1 amide bonds. The maximum atomic E-state index is 12.2. The van der Waals surface area contributed by atoms with Crippen LogP contribution in [-0.4, -0.2) is 55.1 Å². The van der Waals surface area contributed by atoms with Crippen molar-refractivity contribution >= 4 is 32.7 Å². The number of hydrogen-bond acceptors (Lipinski definition) is 6. The fourth-order valence-corrected chi connectivity index (χ4v) is 4.54. The lowest BCUT2D eigenvalue weighted by atomic mass is 9.96. The number of ether oxygens (including phenoxy) is 1. The number of pyridine rings is 1. The van der Waals surface area contributed by atoms with Crippen LogP contribution in [-0.2, 0) is 4.79 Å². The molecule has 28 heavy (non-hydrogen) atoms. The van der Waals surface area contributed by atoms with Crippen molar-refractivity contribution < 1.29 is 9.53 Å². The Hall–Kier alpha value is -2.67. The van der Waals surface area contributed by atoms with Gasteiger partial charge in [-0.25, -0.2) is 9.97 Å². The molecule has 2 aromatic heterocycles. The van der Waals surface area contributed by atoms with Gasteiger partial charge in [0.25, 0.3) is 0 Å². The fourth-order valence-electron chi connectivity index (χ4n) is 3.55. The molecule has 1 fully saturated rings. The number of carbonyl (C=O) groups is 1. The van der Waals surface area contributed by atoms with Gasteiger partial charge in [-0.1, -0.05) is 11.3 Å². The van der Waals surface area contributed by atoms with Gasteiger partial charge in [-0.15, -0.1) is 0 Å². The summed E-state index contributed by atoms with van der Waals surface area (Å²) >= 11 is 1.62. The van der Waals surface area contributed by atoms with Crippen molar-refractivity contribution in [1.29, 1.82) is 0 Å². The predicted molar refractivity (Wildman–Crippen MR) is 113 cm³/mol. The predicted octanol–water partition coefficient (Wildman–Crippen LogP) is 3.67. The highest BCUT2D eigenvalue weighted by molar-refractivity contribution is 7.21. The van der Waals surface area contributed by atoms with E-state index in [0.717, 1.165) is 58.4 Å². The van der Waals surface area contributed by atoms with Gasteiger partial charge in [-0.05, 0) is 49.2 Å². The second-order valence-corrected chi connectivity index (χ2v) is 8.20. The molecule has 0 unspecified atom stereocenters. The first-order valence-corrected chi connectivity index (χ1v) is 10.2. The Labute approximate surface area is 168 Å². The number of fused-ring (bicyclic) bond motifs is 1. The molecule has 0 radical (unpaired) electrons. The summed E-state index contributed by atoms with van der Waals surface area (Å²) in [6, 6.07) is 12.0. The topological polar surface area (TPSA) is 58.6 Å². The fraction of sp³-hybridized carbons (Fsp3) is 0.381. The van der Waals surface area contributed by atoms with Crippen LogP contribution in [0.1, 0.15) is 12.8 Å². The molecular formula is C21H24N4O2S. The van der Waals surface area contributed by atoms with Gasteiger partial charge in [-0.2, -0.15) is 0 Å². The minimum atomic E-state index is 0.125. The Morgan fingerprint density at radius 3 is 2.46 bits per heavy atom. The number of hydrogen-bond donors (Lipinski definition) is 0. The average Bonchev–Trinajstić information content (AvgIpc) is 3.16. The van der Waals surface area contributed by atoms with Crippen molar-refractivity contribution in [2.75, 3.05) is 39.2 Å². The van der Waals surface area contributed by atoms with Crippen LogP contribution in [0.15, 0.2) is 36.4 Å². The number of piperidine rings is 1. The molecule has 0 N–H and O–H groups in total. The van der Waals surface area contributed by atoms with E-state index in [-0.39, 0.29) is 11.8 Å². The van der Waals surface area contributed by atoms with Crippen LogP contribution in [0.2, 0.25) is 0 Å². The Balaban J connectivity index is 1.51. The summed E-state index contributed by atoms with van der Waals surface area (Å²) in [5, 5.41) is 0.991. The molecule has 0 atom stereocenters. The summed E-state index contributed by atoms with van der Waals surface area (Å²) in [7, 11) is 5.32. The lowest BCUT2D eigenvalue weighted by Gasteiger charge is -2.32. The molecule has 0 bridgehead atoms. The highest BCUT2D eigenvalue weighted by atomic mass is 32.1. The van der Waals surface area contributed by atoms with E-state index in [1.807, 2.05) is 50.5 Å². The Morgan fingerprint density at radius 1 is 1.11 bits per heavy atom. The van der Waals surface area contributed by atoms with Gasteiger partial charge in [0.15, 0.2) is 5.13 Å². The molecule has 1 saturated heterocycles. The van der Waals surface area contributed by atoms with Crippen LogP contribution in [0.3, 0.4) is 0 Å². The summed E-state index contributed by atoms with van der Waals surface area (Å²) < 4.78 is 5.22. The minimum Gasteiger partial charge on any atom is -0.497 e. The van der Waals surface area contributed by atoms with Gasteiger partial charge in [0.2, 0.25) is 5.91 Å². The van der Waals surface area contributed by atoms with E-state index in [4.69, 9.17) is 14.7 Å². The van der Waals surface area contributed by atoms with E-state index in [1.165, 1.54) is 0 Å². The van der Waals surface area contributed by atoms with Crippen LogP contribution >= 0.6 is 11.3 Å². The van der Waals surface area contributed by atoms with Crippen molar-refractivity contribution in [3.8, 4) is 17.0 Å². The van der Waals surface area contributed by atoms with Gasteiger partial charge in [0, 0.05) is 38.7 Å². The largest absolute Gasteiger partial charge is 0.497 e. The lowest BCUT2D eigenvalue weighted by Crippen LogP contribution is -2.40. The number of carbonyl (C=O) groups excluding carboxylic acids is 1. The molecule has 0 saturated carbocycles. The molecule has 7 heteroatoms. The van der Waals surface area contributed by atoms with Crippen molar-refractivity contribution in [3.63, 3.8) is 0 Å². The van der Waals surface area contributed by atoms with E-state index in [0.29, 0.717) is 0 Å². The van der Waals surface area contributed by atoms with Crippen LogP contribution in [0, 0.1) is 5.92 Å². The van der Waals surface area contributed by atoms with Gasteiger partial charge >= 0.3 is 0 Å². The van der Waals surface area contributed by atoms with E-state index in [9.17, 15) is 4.79 Å². The number of thiazole rings is 1. The lowest BCUT2D eigenvalue weighted by molar-refractivity contribution is -0.133. The molecule has 4 rings (SSSR count). The number of aromatic nitrogens is 2. The van der Waals surface area contributed by atoms with Gasteiger partial charge in [0.1, 0.15) is 16.1 Å². The first-order chi connectivity index (χ1) is 13.5. The third-order valence-electron chi connectivity index (χ3n) is 5.19. The molecule has 6 nitrogen and oxygen atoms in total. The highest BCUT2D eigenvalue weighted by Crippen LogP contribution is 2.32.